The number of amides is 3. The third kappa shape index (κ3) is 5.99. The van der Waals surface area contributed by atoms with Crippen molar-refractivity contribution in [2.75, 3.05) is 25.0 Å². The number of carbonyl (C=O) groups excluding carboxylic acids is 2. The van der Waals surface area contributed by atoms with Crippen LogP contribution in [0.3, 0.4) is 0 Å². The van der Waals surface area contributed by atoms with E-state index in [4.69, 9.17) is 0 Å². The number of aliphatic hydroxyl groups excluding tert-OH is 1. The molecule has 2 rings (SSSR count). The predicted molar refractivity (Wildman–Crippen MR) is 95.7 cm³/mol. The highest BCUT2D eigenvalue weighted by Gasteiger charge is 2.25. The first-order valence-corrected chi connectivity index (χ1v) is 7.80. The Morgan fingerprint density at radius 3 is 2.71 bits per heavy atom. The smallest absolute Gasteiger partial charge is 0.319 e. The first kappa shape index (κ1) is 20.2. The first-order chi connectivity index (χ1) is 11.0. The molecule has 0 radical (unpaired) electrons. The Bertz CT molecular complexity index is 568. The van der Waals surface area contributed by atoms with Gasteiger partial charge in [-0.15, -0.1) is 12.4 Å². The second-order valence-corrected chi connectivity index (χ2v) is 6.03. The Morgan fingerprint density at radius 1 is 1.33 bits per heavy atom. The third-order valence-corrected chi connectivity index (χ3v) is 3.63. The maximum absolute atomic E-state index is 12.2. The van der Waals surface area contributed by atoms with Gasteiger partial charge in [0.1, 0.15) is 0 Å². The van der Waals surface area contributed by atoms with Crippen molar-refractivity contribution in [1.29, 1.82) is 0 Å². The highest BCUT2D eigenvalue weighted by atomic mass is 35.5. The van der Waals surface area contributed by atoms with Crippen molar-refractivity contribution in [2.45, 2.75) is 26.0 Å². The van der Waals surface area contributed by atoms with Crippen LogP contribution in [0.2, 0.25) is 0 Å². The molecule has 3 amide bonds. The monoisotopic (exact) mass is 356 g/mol. The Kier molecular flexibility index (Phi) is 7.97. The number of hydrogen-bond donors (Lipinski definition) is 5. The largest absolute Gasteiger partial charge is 0.391 e. The minimum atomic E-state index is -0.428. The van der Waals surface area contributed by atoms with Crippen LogP contribution in [0, 0.1) is 5.92 Å². The summed E-state index contributed by atoms with van der Waals surface area (Å²) in [6, 6.07) is 6.47. The zero-order chi connectivity index (χ0) is 16.8. The van der Waals surface area contributed by atoms with E-state index < -0.39 is 6.10 Å². The van der Waals surface area contributed by atoms with Crippen LogP contribution in [0.25, 0.3) is 0 Å². The first-order valence-electron chi connectivity index (χ1n) is 7.80. The zero-order valence-electron chi connectivity index (χ0n) is 13.8. The van der Waals surface area contributed by atoms with E-state index in [1.807, 2.05) is 13.8 Å². The third-order valence-electron chi connectivity index (χ3n) is 3.63. The van der Waals surface area contributed by atoms with Crippen molar-refractivity contribution in [3.8, 4) is 0 Å². The summed E-state index contributed by atoms with van der Waals surface area (Å²) < 4.78 is 0. The number of rotatable bonds is 5. The maximum Gasteiger partial charge on any atom is 0.319 e. The molecule has 1 aliphatic heterocycles. The number of β-amino-alcohol motifs (C(OH)–C–C–N with tert-alkyl or cyclic N) is 1. The van der Waals surface area contributed by atoms with Crippen LogP contribution in [-0.4, -0.2) is 48.8 Å². The molecule has 0 aromatic heterocycles. The van der Waals surface area contributed by atoms with Gasteiger partial charge in [-0.3, -0.25) is 4.79 Å². The molecule has 1 saturated heterocycles. The van der Waals surface area contributed by atoms with E-state index in [1.54, 1.807) is 24.3 Å². The van der Waals surface area contributed by atoms with Crippen LogP contribution in [0.1, 0.15) is 24.2 Å². The molecule has 2 unspecified atom stereocenters. The van der Waals surface area contributed by atoms with Gasteiger partial charge in [0.25, 0.3) is 5.91 Å². The second kappa shape index (κ2) is 9.46. The van der Waals surface area contributed by atoms with Crippen LogP contribution in [0.5, 0.6) is 0 Å². The summed E-state index contributed by atoms with van der Waals surface area (Å²) in [4.78, 5) is 23.9. The molecule has 0 spiro atoms. The van der Waals surface area contributed by atoms with E-state index in [0.29, 0.717) is 30.9 Å². The number of carbonyl (C=O) groups is 2. The molecule has 2 atom stereocenters. The van der Waals surface area contributed by atoms with Gasteiger partial charge in [-0.25, -0.2) is 4.79 Å². The maximum atomic E-state index is 12.2. The van der Waals surface area contributed by atoms with Crippen LogP contribution in [0.4, 0.5) is 10.5 Å². The lowest BCUT2D eigenvalue weighted by Gasteiger charge is -2.14. The lowest BCUT2D eigenvalue weighted by atomic mass is 10.1. The minimum Gasteiger partial charge on any atom is -0.391 e. The average molecular weight is 357 g/mol. The molecule has 0 aliphatic carbocycles. The Hall–Kier alpha value is -1.83. The topological polar surface area (TPSA) is 102 Å². The van der Waals surface area contributed by atoms with E-state index in [0.717, 1.165) is 0 Å². The molecule has 8 heteroatoms. The van der Waals surface area contributed by atoms with E-state index in [9.17, 15) is 14.7 Å². The molecule has 1 heterocycles. The van der Waals surface area contributed by atoms with E-state index in [1.165, 1.54) is 0 Å². The summed E-state index contributed by atoms with van der Waals surface area (Å²) in [5, 5.41) is 21.0. The number of halogens is 1. The minimum absolute atomic E-state index is 0. The second-order valence-electron chi connectivity index (χ2n) is 6.03. The van der Waals surface area contributed by atoms with Crippen molar-refractivity contribution >= 4 is 30.0 Å². The van der Waals surface area contributed by atoms with Gasteiger partial charge in [-0.2, -0.15) is 0 Å². The van der Waals surface area contributed by atoms with Gasteiger partial charge in [-0.1, -0.05) is 6.07 Å². The normalized spacial score (nSPS) is 19.5. The molecular weight excluding hydrogens is 332 g/mol. The molecule has 24 heavy (non-hydrogen) atoms. The zero-order valence-corrected chi connectivity index (χ0v) is 14.7. The fourth-order valence-electron chi connectivity index (χ4n) is 2.42. The number of urea groups is 1. The fraction of sp³-hybridized carbons (Fsp3) is 0.500. The molecule has 0 saturated carbocycles. The van der Waals surface area contributed by atoms with Gasteiger partial charge in [0, 0.05) is 42.8 Å². The highest BCUT2D eigenvalue weighted by molar-refractivity contribution is 5.96. The number of nitrogens with one attached hydrogen (secondary N) is 4. The summed E-state index contributed by atoms with van der Waals surface area (Å²) in [6.07, 6.45) is -0.428. The Balaban J connectivity index is 0.00000288. The summed E-state index contributed by atoms with van der Waals surface area (Å²) in [5.41, 5.74) is 1.02. The van der Waals surface area contributed by atoms with Gasteiger partial charge in [0.05, 0.1) is 6.10 Å². The molecule has 1 aromatic carbocycles. The van der Waals surface area contributed by atoms with Gasteiger partial charge in [0.2, 0.25) is 0 Å². The Labute approximate surface area is 148 Å². The van der Waals surface area contributed by atoms with E-state index in [-0.39, 0.29) is 36.3 Å². The van der Waals surface area contributed by atoms with Gasteiger partial charge in [0.15, 0.2) is 0 Å². The number of hydrogen-bond acceptors (Lipinski definition) is 4. The molecular formula is C16H25ClN4O3. The summed E-state index contributed by atoms with van der Waals surface area (Å²) in [7, 11) is 0. The van der Waals surface area contributed by atoms with Crippen molar-refractivity contribution in [1.82, 2.24) is 16.0 Å². The highest BCUT2D eigenvalue weighted by Crippen LogP contribution is 2.12. The predicted octanol–water partition coefficient (Wildman–Crippen LogP) is 0.948. The van der Waals surface area contributed by atoms with Crippen molar-refractivity contribution in [3.63, 3.8) is 0 Å². The lowest BCUT2D eigenvalue weighted by Crippen LogP contribution is -2.35. The van der Waals surface area contributed by atoms with Crippen molar-refractivity contribution in [3.05, 3.63) is 29.8 Å². The van der Waals surface area contributed by atoms with E-state index >= 15 is 0 Å². The number of anilines is 1. The SMILES string of the molecule is CC(C)NC(=O)Nc1cccc(C(=O)NCC2CNCC2O)c1.Cl. The molecule has 1 fully saturated rings. The van der Waals surface area contributed by atoms with Crippen molar-refractivity contribution < 1.29 is 14.7 Å². The summed E-state index contributed by atoms with van der Waals surface area (Å²) in [5.74, 6) is -0.200. The van der Waals surface area contributed by atoms with Gasteiger partial charge in [-0.05, 0) is 32.0 Å². The fourth-order valence-corrected chi connectivity index (χ4v) is 2.42. The molecule has 134 valence electrons. The average Bonchev–Trinajstić information content (AvgIpc) is 2.89. The van der Waals surface area contributed by atoms with Crippen LogP contribution in [-0.2, 0) is 0 Å². The summed E-state index contributed by atoms with van der Waals surface area (Å²) >= 11 is 0. The standard InChI is InChI=1S/C16H24N4O3.ClH/c1-10(2)19-16(23)20-13-5-3-4-11(6-13)15(22)18-8-12-7-17-9-14(12)21;/h3-6,10,12,14,17,21H,7-9H2,1-2H3,(H,18,22)(H2,19,20,23);1H. The van der Waals surface area contributed by atoms with Gasteiger partial charge >= 0.3 is 6.03 Å². The molecule has 1 aromatic rings. The molecule has 0 bridgehead atoms. The quantitative estimate of drug-likeness (QED) is 0.542. The number of aliphatic hydroxyl groups is 1. The molecule has 5 N–H and O–H groups in total. The van der Waals surface area contributed by atoms with Crippen molar-refractivity contribution in [2.24, 2.45) is 5.92 Å². The lowest BCUT2D eigenvalue weighted by molar-refractivity contribution is 0.0927. The van der Waals surface area contributed by atoms with Crippen LogP contribution >= 0.6 is 12.4 Å². The molecule has 1 aliphatic rings. The van der Waals surface area contributed by atoms with Gasteiger partial charge < -0.3 is 26.4 Å². The molecule has 7 nitrogen and oxygen atoms in total. The number of benzene rings is 1. The summed E-state index contributed by atoms with van der Waals surface area (Å²) in [6.45, 7) is 5.41. The Morgan fingerprint density at radius 2 is 2.08 bits per heavy atom. The van der Waals surface area contributed by atoms with Crippen LogP contribution < -0.4 is 21.3 Å². The van der Waals surface area contributed by atoms with Crippen LogP contribution in [0.15, 0.2) is 24.3 Å². The van der Waals surface area contributed by atoms with E-state index in [2.05, 4.69) is 21.3 Å².